The Kier molecular flexibility index (Phi) is 4.95. The molecule has 6 rings (SSSR count). The fourth-order valence-corrected chi connectivity index (χ4v) is 5.72. The van der Waals surface area contributed by atoms with Gasteiger partial charge in [0.2, 0.25) is 5.89 Å². The summed E-state index contributed by atoms with van der Waals surface area (Å²) in [4.78, 5) is 20.4. The van der Waals surface area contributed by atoms with Gasteiger partial charge in [0.1, 0.15) is 11.3 Å². The molecule has 29 heavy (non-hydrogen) atoms. The number of oxazole rings is 1. The number of hydrogen-bond acceptors (Lipinski definition) is 5. The molecule has 7 heteroatoms. The molecule has 2 atom stereocenters. The van der Waals surface area contributed by atoms with Crippen molar-refractivity contribution in [2.45, 2.75) is 22.9 Å². The minimum absolute atomic E-state index is 0.123. The highest BCUT2D eigenvalue weighted by atomic mass is 127. The lowest BCUT2D eigenvalue weighted by Crippen LogP contribution is -2.61. The van der Waals surface area contributed by atoms with Gasteiger partial charge < -0.3 is 14.5 Å². The van der Waals surface area contributed by atoms with Crippen molar-refractivity contribution in [3.63, 3.8) is 0 Å². The van der Waals surface area contributed by atoms with Crippen LogP contribution in [0.15, 0.2) is 46.9 Å². The van der Waals surface area contributed by atoms with Gasteiger partial charge >= 0.3 is 0 Å². The van der Waals surface area contributed by atoms with Crippen LogP contribution in [0, 0.1) is 5.92 Å². The maximum absolute atomic E-state index is 13.3. The summed E-state index contributed by atoms with van der Waals surface area (Å²) in [5.74, 6) is 1.49. The molecule has 0 saturated carbocycles. The van der Waals surface area contributed by atoms with E-state index in [2.05, 4.69) is 37.8 Å². The molecule has 3 aliphatic rings. The van der Waals surface area contributed by atoms with Crippen molar-refractivity contribution in [1.29, 1.82) is 0 Å². The van der Waals surface area contributed by atoms with Gasteiger partial charge in [0.15, 0.2) is 5.58 Å². The highest BCUT2D eigenvalue weighted by Gasteiger charge is 2.41. The van der Waals surface area contributed by atoms with Gasteiger partial charge in [-0.15, -0.1) is 0 Å². The van der Waals surface area contributed by atoms with E-state index in [1.54, 1.807) is 19.2 Å². The van der Waals surface area contributed by atoms with Crippen LogP contribution in [0.5, 0.6) is 5.75 Å². The molecule has 1 N–H and O–H groups in total. The van der Waals surface area contributed by atoms with E-state index in [0.717, 1.165) is 31.5 Å². The first kappa shape index (κ1) is 18.9. The van der Waals surface area contributed by atoms with Crippen LogP contribution in [0.3, 0.4) is 0 Å². The molecule has 1 aromatic heterocycles. The third-order valence-corrected chi connectivity index (χ3v) is 7.56. The van der Waals surface area contributed by atoms with Crippen LogP contribution < -0.4 is 10.1 Å². The van der Waals surface area contributed by atoms with Crippen molar-refractivity contribution in [2.75, 3.05) is 20.2 Å². The van der Waals surface area contributed by atoms with E-state index < -0.39 is 0 Å². The second-order valence-corrected chi connectivity index (χ2v) is 8.93. The van der Waals surface area contributed by atoms with Crippen LogP contribution >= 0.6 is 22.6 Å². The number of hydrogen-bond donors (Lipinski definition) is 1. The average molecular weight is 503 g/mol. The highest BCUT2D eigenvalue weighted by Crippen LogP contribution is 2.36. The topological polar surface area (TPSA) is 67.6 Å². The number of piperidine rings is 3. The number of ether oxygens (including phenoxy) is 1. The molecule has 2 aromatic carbocycles. The van der Waals surface area contributed by atoms with Crippen molar-refractivity contribution in [3.05, 3.63) is 48.0 Å². The Morgan fingerprint density at radius 3 is 2.69 bits per heavy atom. The van der Waals surface area contributed by atoms with E-state index in [4.69, 9.17) is 9.15 Å². The van der Waals surface area contributed by atoms with Crippen molar-refractivity contribution >= 4 is 39.6 Å². The molecular formula is C22H22IN3O3. The molecule has 3 aliphatic heterocycles. The number of halogens is 1. The van der Waals surface area contributed by atoms with E-state index in [1.807, 2.05) is 30.3 Å². The second-order valence-electron chi connectivity index (χ2n) is 7.65. The van der Waals surface area contributed by atoms with Crippen molar-refractivity contribution in [2.24, 2.45) is 5.92 Å². The summed E-state index contributed by atoms with van der Waals surface area (Å²) in [7, 11) is 1.59. The lowest BCUT2D eigenvalue weighted by Gasteiger charge is -2.48. The summed E-state index contributed by atoms with van der Waals surface area (Å²) in [5.41, 5.74) is 2.48. The Bertz CT molecular complexity index is 1040. The smallest absolute Gasteiger partial charge is 0.254 e. The predicted molar refractivity (Wildman–Crippen MR) is 119 cm³/mol. The Morgan fingerprint density at radius 1 is 1.24 bits per heavy atom. The Morgan fingerprint density at radius 2 is 2.00 bits per heavy atom. The van der Waals surface area contributed by atoms with Gasteiger partial charge in [-0.05, 0) is 50.0 Å². The zero-order valence-corrected chi connectivity index (χ0v) is 18.3. The lowest BCUT2D eigenvalue weighted by molar-refractivity contribution is 0.0554. The van der Waals surface area contributed by atoms with Crippen molar-refractivity contribution in [3.8, 4) is 17.2 Å². The molecule has 6 nitrogen and oxygen atoms in total. The summed E-state index contributed by atoms with van der Waals surface area (Å²) in [5, 5.41) is 3.28. The maximum atomic E-state index is 13.3. The fraction of sp³-hybridized carbons (Fsp3) is 0.364. The van der Waals surface area contributed by atoms with E-state index in [1.165, 1.54) is 0 Å². The average Bonchev–Trinajstić information content (AvgIpc) is 3.20. The van der Waals surface area contributed by atoms with E-state index in [0.29, 0.717) is 38.3 Å². The summed E-state index contributed by atoms with van der Waals surface area (Å²) >= 11 is 2.46. The molecular weight excluding hydrogens is 481 g/mol. The first-order chi connectivity index (χ1) is 14.1. The van der Waals surface area contributed by atoms with E-state index in [-0.39, 0.29) is 11.9 Å². The number of nitrogens with zero attached hydrogens (tertiary/aromatic N) is 2. The molecule has 0 aliphatic carbocycles. The first-order valence-electron chi connectivity index (χ1n) is 9.87. The van der Waals surface area contributed by atoms with Gasteiger partial charge in [0.05, 0.1) is 22.8 Å². The third-order valence-electron chi connectivity index (χ3n) is 5.99. The quantitative estimate of drug-likeness (QED) is 0.330. The van der Waals surface area contributed by atoms with Crippen molar-refractivity contribution in [1.82, 2.24) is 15.2 Å². The highest BCUT2D eigenvalue weighted by molar-refractivity contribution is 14.1. The second kappa shape index (κ2) is 7.60. The van der Waals surface area contributed by atoms with Gasteiger partial charge in [-0.3, -0.25) is 9.69 Å². The number of methoxy groups -OCH3 is 1. The maximum Gasteiger partial charge on any atom is 0.254 e. The lowest BCUT2D eigenvalue weighted by atomic mass is 9.84. The number of benzene rings is 2. The number of rotatable bonds is 4. The van der Waals surface area contributed by atoms with Gasteiger partial charge in [-0.25, -0.2) is 4.98 Å². The van der Waals surface area contributed by atoms with Gasteiger partial charge in [-0.1, -0.05) is 40.8 Å². The Hall–Kier alpha value is -2.13. The van der Waals surface area contributed by atoms with E-state index in [9.17, 15) is 4.79 Å². The van der Waals surface area contributed by atoms with Crippen LogP contribution in [0.2, 0.25) is 0 Å². The van der Waals surface area contributed by atoms with E-state index >= 15 is 0 Å². The number of carbonyl (C=O) groups excluding carboxylic acids is 1. The SMILES string of the molecule is COc1cc(C(=O)NC2C3CCN(CC3)C2I)c2nc(-c3ccccc3)oc2c1. The summed E-state index contributed by atoms with van der Waals surface area (Å²) in [6.45, 7) is 2.25. The standard InChI is InChI=1S/C22H22IN3O3/c1-28-15-11-16(21(27)24-18-13-7-9-26(10-8-13)20(18)23)19-17(12-15)29-22(25-19)14-5-3-2-4-6-14/h2-6,11-13,18,20H,7-10H2,1H3,(H,24,27). The van der Waals surface area contributed by atoms with Crippen LogP contribution in [0.4, 0.5) is 0 Å². The predicted octanol–water partition coefficient (Wildman–Crippen LogP) is 4.09. The zero-order valence-electron chi connectivity index (χ0n) is 16.1. The van der Waals surface area contributed by atoms with Crippen LogP contribution in [0.1, 0.15) is 23.2 Å². The molecule has 4 heterocycles. The van der Waals surface area contributed by atoms with Crippen LogP contribution in [-0.2, 0) is 0 Å². The number of carbonyl (C=O) groups is 1. The zero-order chi connectivity index (χ0) is 20.0. The minimum atomic E-state index is -0.123. The molecule has 0 radical (unpaired) electrons. The minimum Gasteiger partial charge on any atom is -0.497 e. The number of alkyl halides is 1. The first-order valence-corrected chi connectivity index (χ1v) is 11.1. The Labute approximate surface area is 182 Å². The van der Waals surface area contributed by atoms with Gasteiger partial charge in [-0.2, -0.15) is 0 Å². The Balaban J connectivity index is 1.51. The van der Waals surface area contributed by atoms with Crippen LogP contribution in [0.25, 0.3) is 22.6 Å². The number of aromatic nitrogens is 1. The molecule has 0 spiro atoms. The molecule has 3 saturated heterocycles. The van der Waals surface area contributed by atoms with Gasteiger partial charge in [0.25, 0.3) is 5.91 Å². The number of amides is 1. The summed E-state index contributed by atoms with van der Waals surface area (Å²) in [6, 6.07) is 13.4. The van der Waals surface area contributed by atoms with Crippen LogP contribution in [-0.4, -0.2) is 46.1 Å². The largest absolute Gasteiger partial charge is 0.497 e. The number of nitrogens with one attached hydrogen (secondary N) is 1. The third kappa shape index (κ3) is 3.40. The molecule has 1 amide bonds. The molecule has 2 bridgehead atoms. The molecule has 3 aromatic rings. The van der Waals surface area contributed by atoms with Gasteiger partial charge in [0, 0.05) is 11.6 Å². The summed E-state index contributed by atoms with van der Waals surface area (Å²) < 4.78 is 11.7. The summed E-state index contributed by atoms with van der Waals surface area (Å²) in [6.07, 6.45) is 2.28. The normalized spacial score (nSPS) is 25.9. The molecule has 2 unspecified atom stereocenters. The molecule has 150 valence electrons. The molecule has 3 fully saturated rings. The fourth-order valence-electron chi connectivity index (χ4n) is 4.39. The van der Waals surface area contributed by atoms with Crippen molar-refractivity contribution < 1.29 is 13.9 Å². The number of fused-ring (bicyclic) bond motifs is 4. The monoisotopic (exact) mass is 503 g/mol.